The van der Waals surface area contributed by atoms with Gasteiger partial charge in [-0.3, -0.25) is 15.5 Å². The first-order valence-electron chi connectivity index (χ1n) is 5.38. The van der Waals surface area contributed by atoms with Crippen molar-refractivity contribution in [3.8, 4) is 0 Å². The summed E-state index contributed by atoms with van der Waals surface area (Å²) in [6, 6.07) is 0.603. The van der Waals surface area contributed by atoms with E-state index < -0.39 is 6.29 Å². The number of carbonyl (C=O) groups is 1. The summed E-state index contributed by atoms with van der Waals surface area (Å²) in [6.45, 7) is 1.40. The van der Waals surface area contributed by atoms with Gasteiger partial charge in [-0.05, 0) is 12.8 Å². The van der Waals surface area contributed by atoms with Crippen LogP contribution < -0.4 is 16.5 Å². The molecule has 1 amide bonds. The maximum atomic E-state index is 11.1. The first kappa shape index (κ1) is 11.6. The Morgan fingerprint density at radius 1 is 1.59 bits per heavy atom. The Morgan fingerprint density at radius 3 is 2.82 bits per heavy atom. The van der Waals surface area contributed by atoms with Crippen molar-refractivity contribution in [1.82, 2.24) is 15.8 Å². The molecule has 1 unspecified atom stereocenters. The van der Waals surface area contributed by atoms with Crippen molar-refractivity contribution in [1.29, 1.82) is 0 Å². The zero-order valence-corrected chi connectivity index (χ0v) is 9.80. The molecule has 1 fully saturated rings. The summed E-state index contributed by atoms with van der Waals surface area (Å²) in [5.41, 5.74) is 8.31. The first-order valence-corrected chi connectivity index (χ1v) is 5.38. The van der Waals surface area contributed by atoms with Crippen molar-refractivity contribution < 1.29 is 9.53 Å². The average Bonchev–Trinajstić information content (AvgIpc) is 3.06. The third kappa shape index (κ3) is 2.84. The van der Waals surface area contributed by atoms with Gasteiger partial charge in [0, 0.05) is 13.0 Å². The van der Waals surface area contributed by atoms with Gasteiger partial charge < -0.3 is 10.5 Å². The maximum absolute atomic E-state index is 11.1. The van der Waals surface area contributed by atoms with Crippen LogP contribution in [-0.4, -0.2) is 42.3 Å². The minimum atomic E-state index is -0.473. The van der Waals surface area contributed by atoms with E-state index in [1.54, 1.807) is 0 Å². The van der Waals surface area contributed by atoms with E-state index in [4.69, 9.17) is 10.5 Å². The zero-order valence-electron chi connectivity index (χ0n) is 9.80. The Bertz CT molecular complexity index is 376. The van der Waals surface area contributed by atoms with Gasteiger partial charge in [-0.2, -0.15) is 9.98 Å². The number of nitrogens with zero attached hydrogens (tertiary/aromatic N) is 3. The largest absolute Gasteiger partial charge is 0.467 e. The Balaban J connectivity index is 2.12. The highest BCUT2D eigenvalue weighted by Gasteiger charge is 2.32. The lowest BCUT2D eigenvalue weighted by molar-refractivity contribution is -0.123. The highest BCUT2D eigenvalue weighted by molar-refractivity contribution is 5.94. The predicted octanol–water partition coefficient (Wildman–Crippen LogP) is -1.29. The van der Waals surface area contributed by atoms with Crippen molar-refractivity contribution in [3.63, 3.8) is 0 Å². The summed E-state index contributed by atoms with van der Waals surface area (Å²) >= 11 is 0. The second-order valence-electron chi connectivity index (χ2n) is 3.94. The number of nitrogens with one attached hydrogen (secondary N) is 2. The lowest BCUT2D eigenvalue weighted by Crippen LogP contribution is -2.60. The third-order valence-corrected chi connectivity index (χ3v) is 2.36. The second-order valence-corrected chi connectivity index (χ2v) is 3.94. The number of carbonyl (C=O) groups excluding carboxylic acids is 1. The van der Waals surface area contributed by atoms with Crippen molar-refractivity contribution in [3.05, 3.63) is 0 Å². The van der Waals surface area contributed by atoms with E-state index in [2.05, 4.69) is 20.7 Å². The predicted molar refractivity (Wildman–Crippen MR) is 61.7 cm³/mol. The van der Waals surface area contributed by atoms with Gasteiger partial charge in [-0.15, -0.1) is 0 Å². The number of amides is 1. The Hall–Kier alpha value is -1.83. The van der Waals surface area contributed by atoms with E-state index in [9.17, 15) is 4.79 Å². The number of rotatable bonds is 3. The minimum Gasteiger partial charge on any atom is -0.467 e. The first-order chi connectivity index (χ1) is 8.10. The smallest absolute Gasteiger partial charge is 0.318 e. The van der Waals surface area contributed by atoms with Crippen LogP contribution in [0, 0.1) is 0 Å². The Morgan fingerprint density at radius 2 is 2.29 bits per heavy atom. The van der Waals surface area contributed by atoms with Crippen LogP contribution >= 0.6 is 0 Å². The summed E-state index contributed by atoms with van der Waals surface area (Å²) in [7, 11) is 1.47. The molecule has 2 rings (SSSR count). The zero-order chi connectivity index (χ0) is 12.4. The monoisotopic (exact) mass is 240 g/mol. The van der Waals surface area contributed by atoms with Crippen molar-refractivity contribution in [2.75, 3.05) is 7.11 Å². The topological polar surface area (TPSA) is 104 Å². The molecule has 0 spiro atoms. The molecule has 0 aromatic carbocycles. The number of methoxy groups -OCH3 is 1. The molecule has 2 aliphatic rings. The number of guanidine groups is 1. The molecule has 0 radical (unpaired) electrons. The van der Waals surface area contributed by atoms with E-state index in [0.717, 1.165) is 12.8 Å². The fourth-order valence-corrected chi connectivity index (χ4v) is 1.43. The van der Waals surface area contributed by atoms with E-state index in [0.29, 0.717) is 6.04 Å². The second kappa shape index (κ2) is 4.58. The van der Waals surface area contributed by atoms with E-state index in [1.165, 1.54) is 19.0 Å². The summed E-state index contributed by atoms with van der Waals surface area (Å²) in [5.74, 6) is -0.0907. The van der Waals surface area contributed by atoms with Gasteiger partial charge in [0.25, 0.3) is 0 Å². The van der Waals surface area contributed by atoms with Crippen molar-refractivity contribution in [2.45, 2.75) is 32.1 Å². The molecular weight excluding hydrogens is 224 g/mol. The lowest BCUT2D eigenvalue weighted by atomic mass is 10.6. The molecule has 1 heterocycles. The van der Waals surface area contributed by atoms with Crippen LogP contribution in [0.15, 0.2) is 9.98 Å². The number of ether oxygens (including phenoxy) is 1. The summed E-state index contributed by atoms with van der Waals surface area (Å²) in [6.07, 6.45) is 1.72. The Kier molecular flexibility index (Phi) is 3.14. The summed E-state index contributed by atoms with van der Waals surface area (Å²) < 4.78 is 4.95. The normalized spacial score (nSPS) is 23.9. The van der Waals surface area contributed by atoms with Gasteiger partial charge in [0.1, 0.15) is 0 Å². The van der Waals surface area contributed by atoms with Gasteiger partial charge in [0.2, 0.25) is 18.2 Å². The lowest BCUT2D eigenvalue weighted by Gasteiger charge is -2.32. The molecule has 8 heteroatoms. The van der Waals surface area contributed by atoms with E-state index >= 15 is 0 Å². The molecule has 0 aromatic rings. The van der Waals surface area contributed by atoms with Crippen LogP contribution in [0.2, 0.25) is 0 Å². The quantitative estimate of drug-likeness (QED) is 0.569. The molecule has 1 aliphatic carbocycles. The number of hydrogen-bond donors (Lipinski definition) is 3. The molecule has 0 saturated heterocycles. The van der Waals surface area contributed by atoms with Crippen LogP contribution in [0.3, 0.4) is 0 Å². The van der Waals surface area contributed by atoms with Crippen LogP contribution in [-0.2, 0) is 9.53 Å². The Labute approximate surface area is 98.9 Å². The van der Waals surface area contributed by atoms with Crippen molar-refractivity contribution in [2.24, 2.45) is 15.7 Å². The van der Waals surface area contributed by atoms with Crippen LogP contribution in [0.4, 0.5) is 0 Å². The molecule has 1 atom stereocenters. The van der Waals surface area contributed by atoms with Crippen LogP contribution in [0.5, 0.6) is 0 Å². The summed E-state index contributed by atoms with van der Waals surface area (Å²) in [4.78, 5) is 19.2. The average molecular weight is 240 g/mol. The number of hydrazine groups is 1. The summed E-state index contributed by atoms with van der Waals surface area (Å²) in [5, 5.41) is 4.62. The minimum absolute atomic E-state index is 0.144. The fraction of sp³-hybridized carbons (Fsp3) is 0.667. The molecule has 0 bridgehead atoms. The highest BCUT2D eigenvalue weighted by Crippen LogP contribution is 2.20. The molecular formula is C9H16N6O2. The van der Waals surface area contributed by atoms with Crippen LogP contribution in [0.25, 0.3) is 0 Å². The van der Waals surface area contributed by atoms with Crippen molar-refractivity contribution >= 4 is 17.9 Å². The fourth-order valence-electron chi connectivity index (χ4n) is 1.43. The molecule has 1 saturated carbocycles. The maximum Gasteiger partial charge on any atom is 0.318 e. The number of hydrogen-bond acceptors (Lipinski definition) is 7. The molecule has 1 aliphatic heterocycles. The van der Waals surface area contributed by atoms with Gasteiger partial charge in [-0.1, -0.05) is 0 Å². The number of amidine groups is 1. The highest BCUT2D eigenvalue weighted by atomic mass is 16.5. The molecule has 4 N–H and O–H groups in total. The molecule has 17 heavy (non-hydrogen) atoms. The standard InChI is InChI=1S/C9H16N6O2/c1-5(16)14-15-7(10)12-9(17-2)13-8(15)11-6-3-4-6/h6,8,11H,3-4H2,1-2H3,(H,14,16)(H2,10,12,13). The van der Waals surface area contributed by atoms with Gasteiger partial charge in [0.05, 0.1) is 7.11 Å². The van der Waals surface area contributed by atoms with Crippen LogP contribution in [0.1, 0.15) is 19.8 Å². The van der Waals surface area contributed by atoms with E-state index in [1.807, 2.05) is 0 Å². The van der Waals surface area contributed by atoms with Gasteiger partial charge in [-0.25, -0.2) is 5.01 Å². The molecule has 0 aromatic heterocycles. The molecule has 94 valence electrons. The number of nitrogens with two attached hydrogens (primary N) is 1. The SMILES string of the molecule is COC1=NC(NC2CC2)N(NC(C)=O)C(N)=N1. The molecule has 8 nitrogen and oxygen atoms in total. The van der Waals surface area contributed by atoms with Gasteiger partial charge in [0.15, 0.2) is 0 Å². The third-order valence-electron chi connectivity index (χ3n) is 2.36. The number of aliphatic imine (C=N–C) groups is 2. The van der Waals surface area contributed by atoms with Gasteiger partial charge >= 0.3 is 6.02 Å². The van der Waals surface area contributed by atoms with E-state index in [-0.39, 0.29) is 17.9 Å².